The fourth-order valence-electron chi connectivity index (χ4n) is 1.07. The second kappa shape index (κ2) is 5.02. The van der Waals surface area contributed by atoms with Gasteiger partial charge in [0.25, 0.3) is 0 Å². The van der Waals surface area contributed by atoms with Crippen LogP contribution in [0.25, 0.3) is 0 Å². The molecule has 0 aromatic carbocycles. The van der Waals surface area contributed by atoms with Crippen LogP contribution in [0.4, 0.5) is 0 Å². The van der Waals surface area contributed by atoms with E-state index in [4.69, 9.17) is 22.1 Å². The van der Waals surface area contributed by atoms with Crippen LogP contribution in [0.3, 0.4) is 0 Å². The van der Waals surface area contributed by atoms with Gasteiger partial charge in [0.05, 0.1) is 11.4 Å². The molecule has 1 heterocycles. The highest BCUT2D eigenvalue weighted by molar-refractivity contribution is 6.29. The molecule has 0 saturated carbocycles. The maximum absolute atomic E-state index is 8.84. The first-order valence-electron chi connectivity index (χ1n) is 4.39. The Morgan fingerprint density at radius 2 is 2.29 bits per heavy atom. The summed E-state index contributed by atoms with van der Waals surface area (Å²) in [7, 11) is 0. The van der Waals surface area contributed by atoms with Gasteiger partial charge in [0.1, 0.15) is 11.8 Å². The quantitative estimate of drug-likeness (QED) is 0.592. The Morgan fingerprint density at radius 3 is 2.86 bits per heavy atom. The molecule has 0 aliphatic carbocycles. The minimum absolute atomic E-state index is 0.257. The van der Waals surface area contributed by atoms with Crippen LogP contribution in [0.2, 0.25) is 5.15 Å². The van der Waals surface area contributed by atoms with Crippen LogP contribution >= 0.6 is 11.6 Å². The molecular formula is C9H12ClN3O. The van der Waals surface area contributed by atoms with E-state index in [1.165, 1.54) is 0 Å². The van der Waals surface area contributed by atoms with Gasteiger partial charge in [-0.15, -0.1) is 0 Å². The second-order valence-corrected chi connectivity index (χ2v) is 3.27. The molecule has 0 aliphatic heterocycles. The number of hydrogen-bond acceptors (Lipinski definition) is 4. The van der Waals surface area contributed by atoms with E-state index in [1.54, 1.807) is 6.07 Å². The van der Waals surface area contributed by atoms with Gasteiger partial charge in [-0.1, -0.05) is 24.9 Å². The van der Waals surface area contributed by atoms with Crippen molar-refractivity contribution in [2.45, 2.75) is 26.4 Å². The zero-order valence-electron chi connectivity index (χ0n) is 7.92. The lowest BCUT2D eigenvalue weighted by Gasteiger charge is -2.03. The average molecular weight is 214 g/mol. The molecule has 0 bridgehead atoms. The molecule has 0 aliphatic rings. The first-order valence-corrected chi connectivity index (χ1v) is 4.77. The molecule has 0 amide bonds. The van der Waals surface area contributed by atoms with Crippen LogP contribution in [-0.2, 0) is 6.61 Å². The maximum atomic E-state index is 8.84. The summed E-state index contributed by atoms with van der Waals surface area (Å²) in [5.74, 6) is 0.258. The third-order valence-electron chi connectivity index (χ3n) is 1.69. The van der Waals surface area contributed by atoms with E-state index in [1.807, 2.05) is 6.92 Å². The van der Waals surface area contributed by atoms with Crippen molar-refractivity contribution in [3.63, 3.8) is 0 Å². The number of aliphatic hydroxyl groups is 1. The van der Waals surface area contributed by atoms with E-state index in [0.29, 0.717) is 17.8 Å². The van der Waals surface area contributed by atoms with Crippen LogP contribution < -0.4 is 0 Å². The lowest BCUT2D eigenvalue weighted by atomic mass is 10.1. The Labute approximate surface area is 87.5 Å². The van der Waals surface area contributed by atoms with Gasteiger partial charge in [-0.05, 0) is 6.42 Å². The van der Waals surface area contributed by atoms with Crippen molar-refractivity contribution in [1.82, 2.24) is 9.97 Å². The summed E-state index contributed by atoms with van der Waals surface area (Å²) in [5.41, 5.74) is 0.919. The molecular weight excluding hydrogens is 202 g/mol. The number of nitrogens with zero attached hydrogens (tertiary/aromatic N) is 2. The molecule has 1 aromatic rings. The molecule has 14 heavy (non-hydrogen) atoms. The van der Waals surface area contributed by atoms with Gasteiger partial charge in [-0.3, -0.25) is 0 Å². The van der Waals surface area contributed by atoms with Crippen LogP contribution in [0.5, 0.6) is 0 Å². The van der Waals surface area contributed by atoms with Crippen molar-refractivity contribution in [1.29, 1.82) is 5.41 Å². The third-order valence-corrected chi connectivity index (χ3v) is 1.89. The van der Waals surface area contributed by atoms with Gasteiger partial charge in [0, 0.05) is 6.07 Å². The molecule has 1 rings (SSSR count). The Hall–Kier alpha value is -1.00. The average Bonchev–Trinajstić information content (AvgIpc) is 2.17. The molecule has 5 heteroatoms. The molecule has 0 saturated heterocycles. The lowest BCUT2D eigenvalue weighted by Crippen LogP contribution is -2.06. The first-order chi connectivity index (χ1) is 6.67. The standard InChI is InChI=1S/C9H12ClN3O/c1-2-3-6(11)7-4-8(10)13-9(5-14)12-7/h4,11,14H,2-3,5H2,1H3. The zero-order chi connectivity index (χ0) is 10.6. The normalized spacial score (nSPS) is 10.2. The Kier molecular flexibility index (Phi) is 3.98. The van der Waals surface area contributed by atoms with Gasteiger partial charge in [-0.25, -0.2) is 9.97 Å². The minimum atomic E-state index is -0.257. The zero-order valence-corrected chi connectivity index (χ0v) is 8.67. The smallest absolute Gasteiger partial charge is 0.156 e. The van der Waals surface area contributed by atoms with Crippen molar-refractivity contribution in [3.8, 4) is 0 Å². The van der Waals surface area contributed by atoms with Gasteiger partial charge >= 0.3 is 0 Å². The highest BCUT2D eigenvalue weighted by atomic mass is 35.5. The molecule has 0 atom stereocenters. The number of rotatable bonds is 4. The predicted molar refractivity (Wildman–Crippen MR) is 54.7 cm³/mol. The van der Waals surface area contributed by atoms with Crippen LogP contribution in [0.15, 0.2) is 6.07 Å². The van der Waals surface area contributed by atoms with Gasteiger partial charge < -0.3 is 10.5 Å². The van der Waals surface area contributed by atoms with Crippen LogP contribution in [0, 0.1) is 5.41 Å². The summed E-state index contributed by atoms with van der Waals surface area (Å²) >= 11 is 5.71. The minimum Gasteiger partial charge on any atom is -0.388 e. The van der Waals surface area contributed by atoms with E-state index in [2.05, 4.69) is 9.97 Å². The molecule has 0 fully saturated rings. The summed E-state index contributed by atoms with van der Waals surface area (Å²) in [6, 6.07) is 1.54. The van der Waals surface area contributed by atoms with Gasteiger partial charge in [-0.2, -0.15) is 0 Å². The number of aromatic nitrogens is 2. The molecule has 1 aromatic heterocycles. The molecule has 2 N–H and O–H groups in total. The fraction of sp³-hybridized carbons (Fsp3) is 0.444. The molecule has 0 radical (unpaired) electrons. The highest BCUT2D eigenvalue weighted by Crippen LogP contribution is 2.10. The van der Waals surface area contributed by atoms with Gasteiger partial charge in [0.2, 0.25) is 0 Å². The van der Waals surface area contributed by atoms with E-state index >= 15 is 0 Å². The molecule has 76 valence electrons. The Morgan fingerprint density at radius 1 is 1.57 bits per heavy atom. The summed E-state index contributed by atoms with van der Waals surface area (Å²) in [6.45, 7) is 1.73. The first kappa shape index (κ1) is 11.1. The highest BCUT2D eigenvalue weighted by Gasteiger charge is 2.06. The van der Waals surface area contributed by atoms with E-state index in [9.17, 15) is 0 Å². The van der Waals surface area contributed by atoms with E-state index in [-0.39, 0.29) is 17.6 Å². The third kappa shape index (κ3) is 2.75. The SMILES string of the molecule is CCCC(=N)c1cc(Cl)nc(CO)n1. The van der Waals surface area contributed by atoms with Crippen molar-refractivity contribution >= 4 is 17.3 Å². The van der Waals surface area contributed by atoms with Crippen molar-refractivity contribution in [2.75, 3.05) is 0 Å². The van der Waals surface area contributed by atoms with E-state index in [0.717, 1.165) is 6.42 Å². The summed E-state index contributed by atoms with van der Waals surface area (Å²) in [5, 5.41) is 16.8. The number of hydrogen-bond donors (Lipinski definition) is 2. The predicted octanol–water partition coefficient (Wildman–Crippen LogP) is 1.79. The molecule has 4 nitrogen and oxygen atoms in total. The molecule has 0 spiro atoms. The maximum Gasteiger partial charge on any atom is 0.156 e. The largest absolute Gasteiger partial charge is 0.388 e. The van der Waals surface area contributed by atoms with Crippen molar-refractivity contribution in [3.05, 3.63) is 22.7 Å². The number of aliphatic hydroxyl groups excluding tert-OH is 1. The summed E-state index contributed by atoms with van der Waals surface area (Å²) in [6.07, 6.45) is 1.53. The topological polar surface area (TPSA) is 69.9 Å². The van der Waals surface area contributed by atoms with Crippen LogP contribution in [-0.4, -0.2) is 20.8 Å². The second-order valence-electron chi connectivity index (χ2n) is 2.88. The lowest BCUT2D eigenvalue weighted by molar-refractivity contribution is 0.271. The van der Waals surface area contributed by atoms with Crippen LogP contribution in [0.1, 0.15) is 31.3 Å². The molecule has 0 unspecified atom stereocenters. The number of halogens is 1. The summed E-state index contributed by atoms with van der Waals surface area (Å²) in [4.78, 5) is 7.80. The summed E-state index contributed by atoms with van der Waals surface area (Å²) < 4.78 is 0. The van der Waals surface area contributed by atoms with Gasteiger partial charge in [0.15, 0.2) is 5.82 Å². The Balaban J connectivity index is 2.96. The van der Waals surface area contributed by atoms with Crippen molar-refractivity contribution < 1.29 is 5.11 Å². The van der Waals surface area contributed by atoms with E-state index < -0.39 is 0 Å². The van der Waals surface area contributed by atoms with Crippen molar-refractivity contribution in [2.24, 2.45) is 0 Å². The number of nitrogens with one attached hydrogen (secondary N) is 1. The Bertz CT molecular complexity index is 341. The fourth-order valence-corrected chi connectivity index (χ4v) is 1.27. The monoisotopic (exact) mass is 213 g/mol.